The summed E-state index contributed by atoms with van der Waals surface area (Å²) in [7, 11) is 5.85. The third-order valence-electron chi connectivity index (χ3n) is 17.1. The molecule has 8 aliphatic carbocycles. The first-order valence-electron chi connectivity index (χ1n) is 24.8. The smallest absolute Gasteiger partial charge is 0.549 e. The molecule has 6 unspecified atom stereocenters. The molecule has 10 fully saturated rings. The first kappa shape index (κ1) is 57.3. The molecule has 2 aromatic carbocycles. The molecule has 0 N–H and O–H groups in total. The van der Waals surface area contributed by atoms with Gasteiger partial charge in [0, 0.05) is 68.1 Å². The van der Waals surface area contributed by atoms with Crippen molar-refractivity contribution in [3.05, 3.63) is 59.7 Å². The minimum absolute atomic E-state index is 0. The summed E-state index contributed by atoms with van der Waals surface area (Å²) in [5.74, 6) is -6.14. The van der Waals surface area contributed by atoms with E-state index in [-0.39, 0.29) is 114 Å². The van der Waals surface area contributed by atoms with Crippen LogP contribution >= 0.6 is 0 Å². The summed E-state index contributed by atoms with van der Waals surface area (Å²) in [5.41, 5.74) is -0.268. The van der Waals surface area contributed by atoms with Crippen LogP contribution in [0.1, 0.15) is 102 Å². The summed E-state index contributed by atoms with van der Waals surface area (Å²) in [5, 5.41) is 22.2. The molecule has 72 heavy (non-hydrogen) atoms. The van der Waals surface area contributed by atoms with Gasteiger partial charge in [0.2, 0.25) is 0 Å². The Morgan fingerprint density at radius 3 is 1.25 bits per heavy atom. The minimum Gasteiger partial charge on any atom is -0.549 e. The minimum atomic E-state index is -1.68. The van der Waals surface area contributed by atoms with Crippen molar-refractivity contribution in [1.29, 1.82) is 0 Å². The Hall–Kier alpha value is -2.40. The SMILES string of the molecule is CCOc1cccc(C2(OC)OOC23C2CC4CC3CC(OCCC(C(=O)OC)C(=O)OC)(C4)C2)c1.CCOc1cccc(C2(OC)OOC23C2CC4CC3CC(OCCC(C(=O)[O-])C(=O)[O-])(C4)C2)c1.[Na+].[Na+]. The van der Waals surface area contributed by atoms with Crippen LogP contribution in [0.3, 0.4) is 0 Å². The molecule has 2 aliphatic heterocycles. The summed E-state index contributed by atoms with van der Waals surface area (Å²) in [6, 6.07) is 15.6. The number of carboxylic acids is 2. The van der Waals surface area contributed by atoms with Crippen LogP contribution in [0.5, 0.6) is 11.5 Å². The van der Waals surface area contributed by atoms with Crippen molar-refractivity contribution in [3.63, 3.8) is 0 Å². The Kier molecular flexibility index (Phi) is 18.0. The number of benzene rings is 2. The average molecular weight is 1030 g/mol. The normalized spacial score (nSPS) is 35.8. The number of carbonyl (C=O) groups excluding carboxylic acids is 4. The van der Waals surface area contributed by atoms with Crippen molar-refractivity contribution < 1.29 is 146 Å². The molecular weight excluding hydrogens is 959 g/mol. The number of hydrogen-bond acceptors (Lipinski definition) is 18. The number of aliphatic carboxylic acids is 2. The van der Waals surface area contributed by atoms with E-state index in [9.17, 15) is 29.4 Å². The number of carbonyl (C=O) groups is 4. The number of ether oxygens (including phenoxy) is 8. The van der Waals surface area contributed by atoms with E-state index in [1.807, 2.05) is 62.4 Å². The van der Waals surface area contributed by atoms with Gasteiger partial charge in [-0.05, 0) is 127 Å². The van der Waals surface area contributed by atoms with Gasteiger partial charge in [-0.1, -0.05) is 24.3 Å². The van der Waals surface area contributed by atoms with Crippen molar-refractivity contribution in [1.82, 2.24) is 0 Å². The molecule has 8 bridgehead atoms. The van der Waals surface area contributed by atoms with E-state index in [1.54, 1.807) is 14.2 Å². The van der Waals surface area contributed by atoms with Gasteiger partial charge in [-0.2, -0.15) is 9.78 Å². The number of esters is 2. The van der Waals surface area contributed by atoms with Crippen molar-refractivity contribution in [3.8, 4) is 11.5 Å². The fraction of sp³-hybridized carbons (Fsp3) is 0.692. The second-order valence-corrected chi connectivity index (χ2v) is 20.6. The van der Waals surface area contributed by atoms with E-state index >= 15 is 0 Å². The van der Waals surface area contributed by atoms with E-state index in [4.69, 9.17) is 57.4 Å². The predicted molar refractivity (Wildman–Crippen MR) is 237 cm³/mol. The number of hydrogen-bond donors (Lipinski definition) is 0. The van der Waals surface area contributed by atoms with Gasteiger partial charge < -0.3 is 57.7 Å². The summed E-state index contributed by atoms with van der Waals surface area (Å²) in [6.45, 7) is 5.31. The van der Waals surface area contributed by atoms with Gasteiger partial charge in [0.05, 0.1) is 50.6 Å². The second-order valence-electron chi connectivity index (χ2n) is 20.6. The number of carboxylic acid groups (broad SMARTS) is 2. The van der Waals surface area contributed by atoms with Crippen LogP contribution in [0.15, 0.2) is 48.5 Å². The maximum absolute atomic E-state index is 12.1. The zero-order valence-corrected chi connectivity index (χ0v) is 46.9. The molecule has 10 aliphatic rings. The van der Waals surface area contributed by atoms with Gasteiger partial charge in [0.15, 0.2) is 17.1 Å². The molecule has 2 saturated heterocycles. The number of methoxy groups -OCH3 is 4. The summed E-state index contributed by atoms with van der Waals surface area (Å²) < 4.78 is 46.0. The van der Waals surface area contributed by atoms with Crippen LogP contribution in [0.4, 0.5) is 0 Å². The molecule has 2 heterocycles. The van der Waals surface area contributed by atoms with Crippen LogP contribution in [-0.2, 0) is 78.7 Å². The summed E-state index contributed by atoms with van der Waals surface area (Å²) in [6.07, 6.45) is 8.88. The van der Waals surface area contributed by atoms with E-state index < -0.39 is 64.1 Å². The van der Waals surface area contributed by atoms with Gasteiger partial charge >= 0.3 is 71.1 Å². The molecular formula is C52H66Na2O18. The molecule has 2 aromatic rings. The van der Waals surface area contributed by atoms with Gasteiger partial charge in [-0.15, -0.1) is 0 Å². The fourth-order valence-corrected chi connectivity index (χ4v) is 14.7. The molecule has 2 spiro atoms. The van der Waals surface area contributed by atoms with Crippen molar-refractivity contribution in [2.24, 2.45) is 47.3 Å². The third kappa shape index (κ3) is 9.51. The van der Waals surface area contributed by atoms with Crippen molar-refractivity contribution >= 4 is 23.9 Å². The van der Waals surface area contributed by atoms with Gasteiger partial charge in [0.1, 0.15) is 11.5 Å². The van der Waals surface area contributed by atoms with E-state index in [0.717, 1.165) is 74.0 Å². The molecule has 12 rings (SSSR count). The Labute approximate surface area is 464 Å². The maximum atomic E-state index is 12.1. The molecule has 0 radical (unpaired) electrons. The van der Waals surface area contributed by atoms with Gasteiger partial charge in [-0.25, -0.2) is 9.78 Å². The molecule has 20 heteroatoms. The van der Waals surface area contributed by atoms with E-state index in [1.165, 1.54) is 14.2 Å². The quantitative estimate of drug-likeness (QED) is 0.0619. The fourth-order valence-electron chi connectivity index (χ4n) is 14.7. The van der Waals surface area contributed by atoms with Crippen molar-refractivity contribution in [2.75, 3.05) is 54.9 Å². The zero-order chi connectivity index (χ0) is 49.7. The average Bonchev–Trinajstić information content (AvgIpc) is 3.31. The maximum Gasteiger partial charge on any atom is 1.00 e. The molecule has 0 amide bonds. The monoisotopic (exact) mass is 1020 g/mol. The van der Waals surface area contributed by atoms with Crippen LogP contribution < -0.4 is 78.8 Å². The standard InChI is InChI=1S/C27H36O9.C25H32O9.2Na/c1-5-33-21-8-6-7-18(13-21)27(32-4)26(35-36-27)19-11-17-12-20(26)16-25(14-17,15-19)34-10-9-22(23(28)30-2)24(29)31-3;1-3-31-19-6-4-5-16(11-19)25(30-2)24(33-34-25)17-9-15-10-18(24)14-23(12-15,13-17)32-8-7-20(21(26)27)22(28)29;;/h6-8,13,17,19-20,22H,5,9-12,14-16H2,1-4H3;4-6,11,15,17-18,20H,3,7-10,12-14H2,1-2H3,(H,26,27)(H,28,29);;/q;;2*+1/p-2. The Bertz CT molecular complexity index is 2210. The number of rotatable bonds is 20. The summed E-state index contributed by atoms with van der Waals surface area (Å²) >= 11 is 0. The topological polar surface area (TPSA) is 225 Å². The van der Waals surface area contributed by atoms with E-state index in [2.05, 4.69) is 0 Å². The predicted octanol–water partition coefficient (Wildman–Crippen LogP) is -1.77. The summed E-state index contributed by atoms with van der Waals surface area (Å²) in [4.78, 5) is 70.1. The van der Waals surface area contributed by atoms with Gasteiger partial charge in [0.25, 0.3) is 11.6 Å². The zero-order valence-electron chi connectivity index (χ0n) is 42.9. The molecule has 8 saturated carbocycles. The van der Waals surface area contributed by atoms with Crippen molar-refractivity contribution in [2.45, 2.75) is 125 Å². The molecule has 6 atom stereocenters. The van der Waals surface area contributed by atoms with Crippen LogP contribution in [0, 0.1) is 47.3 Å². The second kappa shape index (κ2) is 22.7. The molecule has 384 valence electrons. The van der Waals surface area contributed by atoms with Gasteiger partial charge in [-0.3, -0.25) is 9.59 Å². The molecule has 18 nitrogen and oxygen atoms in total. The van der Waals surface area contributed by atoms with E-state index in [0.29, 0.717) is 37.9 Å². The molecule has 0 aromatic heterocycles. The van der Waals surface area contributed by atoms with Crippen LogP contribution in [0.2, 0.25) is 0 Å². The Morgan fingerprint density at radius 2 is 0.944 bits per heavy atom. The largest absolute Gasteiger partial charge is 1.00 e. The Balaban J connectivity index is 0.000000206. The van der Waals surface area contributed by atoms with Crippen LogP contribution in [-0.4, -0.2) is 101 Å². The third-order valence-corrected chi connectivity index (χ3v) is 17.1. The first-order chi connectivity index (χ1) is 33.7. The van der Waals surface area contributed by atoms with Crippen LogP contribution in [0.25, 0.3) is 0 Å². The Morgan fingerprint density at radius 1 is 0.569 bits per heavy atom. The first-order valence-corrected chi connectivity index (χ1v) is 24.8.